The van der Waals surface area contributed by atoms with Crippen molar-refractivity contribution in [1.82, 2.24) is 10.3 Å². The van der Waals surface area contributed by atoms with E-state index in [0.717, 1.165) is 27.2 Å². The van der Waals surface area contributed by atoms with Crippen molar-refractivity contribution in [3.8, 4) is 10.6 Å². The maximum Gasteiger partial charge on any atom is 0.433 e. The summed E-state index contributed by atoms with van der Waals surface area (Å²) in [6.45, 7) is 3.73. The molecule has 3 rings (SSSR count). The molecule has 0 aliphatic carbocycles. The quantitative estimate of drug-likeness (QED) is 0.547. The Hall–Kier alpha value is -3.00. The molecule has 1 amide bonds. The first-order valence-electron chi connectivity index (χ1n) is 7.53. The zero-order valence-corrected chi connectivity index (χ0v) is 14.4. The van der Waals surface area contributed by atoms with E-state index in [0.29, 0.717) is 0 Å². The van der Waals surface area contributed by atoms with Crippen molar-refractivity contribution in [3.63, 3.8) is 0 Å². The van der Waals surface area contributed by atoms with Gasteiger partial charge in [-0.05, 0) is 19.9 Å². The van der Waals surface area contributed by atoms with Gasteiger partial charge >= 0.3 is 5.88 Å². The summed E-state index contributed by atoms with van der Waals surface area (Å²) in [5.41, 5.74) is 1.85. The van der Waals surface area contributed by atoms with Gasteiger partial charge in [-0.1, -0.05) is 30.3 Å². The van der Waals surface area contributed by atoms with Crippen molar-refractivity contribution in [1.29, 1.82) is 0 Å². The molecular formula is C17H15N3O4S. The number of nitro groups is 1. The third-order valence-corrected chi connectivity index (χ3v) is 4.98. The van der Waals surface area contributed by atoms with E-state index in [1.165, 1.54) is 17.4 Å². The number of benzene rings is 1. The van der Waals surface area contributed by atoms with Crippen LogP contribution in [0.2, 0.25) is 0 Å². The van der Waals surface area contributed by atoms with Gasteiger partial charge in [-0.3, -0.25) is 14.9 Å². The monoisotopic (exact) mass is 357 g/mol. The molecule has 0 aliphatic heterocycles. The predicted molar refractivity (Wildman–Crippen MR) is 93.5 cm³/mol. The molecule has 3 aromatic rings. The summed E-state index contributed by atoms with van der Waals surface area (Å²) in [6.07, 6.45) is 0. The van der Waals surface area contributed by atoms with Crippen LogP contribution in [-0.4, -0.2) is 15.8 Å². The molecule has 1 N–H and O–H groups in total. The van der Waals surface area contributed by atoms with Gasteiger partial charge in [0.2, 0.25) is 0 Å². The standard InChI is InChI=1S/C17H15N3O4S/c1-10(18-16(21)13-8-9-14(24-13)20(22)23)15-11(2)19-17(25-15)12-6-4-3-5-7-12/h3-10H,1-2H3,(H,18,21). The van der Waals surface area contributed by atoms with Gasteiger partial charge in [0.25, 0.3) is 5.91 Å². The van der Waals surface area contributed by atoms with E-state index in [4.69, 9.17) is 4.42 Å². The van der Waals surface area contributed by atoms with Crippen LogP contribution >= 0.6 is 11.3 Å². The molecule has 0 saturated heterocycles. The Morgan fingerprint density at radius 2 is 2.00 bits per heavy atom. The van der Waals surface area contributed by atoms with Crippen molar-refractivity contribution in [2.45, 2.75) is 19.9 Å². The van der Waals surface area contributed by atoms with Gasteiger partial charge in [-0.25, -0.2) is 4.98 Å². The lowest BCUT2D eigenvalue weighted by atomic mass is 10.2. The van der Waals surface area contributed by atoms with Crippen molar-refractivity contribution >= 4 is 23.1 Å². The van der Waals surface area contributed by atoms with Crippen LogP contribution in [0.5, 0.6) is 0 Å². The fourth-order valence-corrected chi connectivity index (χ4v) is 3.47. The summed E-state index contributed by atoms with van der Waals surface area (Å²) in [6, 6.07) is 11.9. The van der Waals surface area contributed by atoms with Crippen molar-refractivity contribution in [3.05, 3.63) is 68.9 Å². The average Bonchev–Trinajstić information content (AvgIpc) is 3.22. The Balaban J connectivity index is 1.76. The highest BCUT2D eigenvalue weighted by molar-refractivity contribution is 7.15. The summed E-state index contributed by atoms with van der Waals surface area (Å²) in [5.74, 6) is -1.06. The summed E-state index contributed by atoms with van der Waals surface area (Å²) in [5, 5.41) is 14.3. The number of nitrogens with one attached hydrogen (secondary N) is 1. The highest BCUT2D eigenvalue weighted by Gasteiger charge is 2.21. The van der Waals surface area contributed by atoms with Crippen LogP contribution in [0.3, 0.4) is 0 Å². The number of aromatic nitrogens is 1. The molecule has 0 fully saturated rings. The Kier molecular flexibility index (Phi) is 4.62. The normalized spacial score (nSPS) is 11.9. The molecule has 0 spiro atoms. The number of furan rings is 1. The second-order valence-electron chi connectivity index (χ2n) is 5.42. The van der Waals surface area contributed by atoms with E-state index in [9.17, 15) is 14.9 Å². The third-order valence-electron chi connectivity index (χ3n) is 3.59. The lowest BCUT2D eigenvalue weighted by Gasteiger charge is -2.11. The van der Waals surface area contributed by atoms with Crippen LogP contribution in [-0.2, 0) is 0 Å². The van der Waals surface area contributed by atoms with Gasteiger partial charge in [0.1, 0.15) is 9.93 Å². The number of amides is 1. The van der Waals surface area contributed by atoms with Gasteiger partial charge in [-0.2, -0.15) is 0 Å². The molecule has 0 radical (unpaired) electrons. The number of rotatable bonds is 5. The van der Waals surface area contributed by atoms with Crippen LogP contribution in [0.15, 0.2) is 46.9 Å². The van der Waals surface area contributed by atoms with Crippen LogP contribution in [0.25, 0.3) is 10.6 Å². The number of carbonyl (C=O) groups is 1. The minimum absolute atomic E-state index is 0.0935. The Morgan fingerprint density at radius 3 is 2.64 bits per heavy atom. The van der Waals surface area contributed by atoms with Crippen molar-refractivity contribution < 1.29 is 14.1 Å². The van der Waals surface area contributed by atoms with Crippen LogP contribution < -0.4 is 5.32 Å². The van der Waals surface area contributed by atoms with Crippen LogP contribution in [0, 0.1) is 17.0 Å². The predicted octanol–water partition coefficient (Wildman–Crippen LogP) is 4.11. The van der Waals surface area contributed by atoms with Crippen LogP contribution in [0.4, 0.5) is 5.88 Å². The Bertz CT molecular complexity index is 917. The summed E-state index contributed by atoms with van der Waals surface area (Å²) in [4.78, 5) is 27.7. The van der Waals surface area contributed by atoms with Gasteiger partial charge in [-0.15, -0.1) is 11.3 Å². The summed E-state index contributed by atoms with van der Waals surface area (Å²) < 4.78 is 4.93. The van der Waals surface area contributed by atoms with Gasteiger partial charge in [0, 0.05) is 5.56 Å². The summed E-state index contributed by atoms with van der Waals surface area (Å²) in [7, 11) is 0. The van der Waals surface area contributed by atoms with Gasteiger partial charge in [0.15, 0.2) is 5.76 Å². The number of nitrogens with zero attached hydrogens (tertiary/aromatic N) is 2. The maximum absolute atomic E-state index is 12.2. The van der Waals surface area contributed by atoms with Gasteiger partial charge in [0.05, 0.1) is 22.7 Å². The van der Waals surface area contributed by atoms with E-state index in [-0.39, 0.29) is 11.8 Å². The van der Waals surface area contributed by atoms with Crippen LogP contribution in [0.1, 0.15) is 34.1 Å². The molecule has 7 nitrogen and oxygen atoms in total. The molecule has 2 aromatic heterocycles. The second-order valence-corrected chi connectivity index (χ2v) is 6.46. The number of hydrogen-bond donors (Lipinski definition) is 1. The van der Waals surface area contributed by atoms with Gasteiger partial charge < -0.3 is 9.73 Å². The fourth-order valence-electron chi connectivity index (χ4n) is 2.40. The SMILES string of the molecule is Cc1nc(-c2ccccc2)sc1C(C)NC(=O)c1ccc([N+](=O)[O-])o1. The second kappa shape index (κ2) is 6.86. The lowest BCUT2D eigenvalue weighted by molar-refractivity contribution is -0.402. The largest absolute Gasteiger partial charge is 0.433 e. The van der Waals surface area contributed by atoms with E-state index in [1.807, 2.05) is 44.2 Å². The van der Waals surface area contributed by atoms with E-state index in [1.54, 1.807) is 0 Å². The summed E-state index contributed by atoms with van der Waals surface area (Å²) >= 11 is 1.50. The molecule has 1 aromatic carbocycles. The highest BCUT2D eigenvalue weighted by atomic mass is 32.1. The topological polar surface area (TPSA) is 98.3 Å². The molecular weight excluding hydrogens is 342 g/mol. The van der Waals surface area contributed by atoms with E-state index < -0.39 is 16.7 Å². The van der Waals surface area contributed by atoms with Crippen molar-refractivity contribution in [2.75, 3.05) is 0 Å². The molecule has 8 heteroatoms. The number of aryl methyl sites for hydroxylation is 1. The molecule has 2 heterocycles. The molecule has 0 bridgehead atoms. The Labute approximate surface area is 147 Å². The van der Waals surface area contributed by atoms with Crippen molar-refractivity contribution in [2.24, 2.45) is 0 Å². The minimum atomic E-state index is -0.681. The number of carbonyl (C=O) groups excluding carboxylic acids is 1. The third kappa shape index (κ3) is 3.58. The maximum atomic E-state index is 12.2. The molecule has 1 unspecified atom stereocenters. The minimum Gasteiger partial charge on any atom is -0.395 e. The molecule has 0 aliphatic rings. The highest BCUT2D eigenvalue weighted by Crippen LogP contribution is 2.31. The smallest absolute Gasteiger partial charge is 0.395 e. The molecule has 0 saturated carbocycles. The molecule has 128 valence electrons. The number of hydrogen-bond acceptors (Lipinski definition) is 6. The van der Waals surface area contributed by atoms with E-state index >= 15 is 0 Å². The molecule has 25 heavy (non-hydrogen) atoms. The molecule has 1 atom stereocenters. The zero-order valence-electron chi connectivity index (χ0n) is 13.6. The first-order valence-corrected chi connectivity index (χ1v) is 8.35. The number of thiazole rings is 1. The first-order chi connectivity index (χ1) is 12.0. The average molecular weight is 357 g/mol. The Morgan fingerprint density at radius 1 is 1.28 bits per heavy atom. The van der Waals surface area contributed by atoms with E-state index in [2.05, 4.69) is 10.3 Å². The zero-order chi connectivity index (χ0) is 18.0. The fraction of sp³-hybridized carbons (Fsp3) is 0.176. The first kappa shape index (κ1) is 16.8. The lowest BCUT2D eigenvalue weighted by Crippen LogP contribution is -2.26.